The van der Waals surface area contributed by atoms with E-state index in [1.54, 1.807) is 18.2 Å². The van der Waals surface area contributed by atoms with Crippen LogP contribution in [-0.4, -0.2) is 13.1 Å². The van der Waals surface area contributed by atoms with Gasteiger partial charge in [-0.3, -0.25) is 0 Å². The molecule has 0 aliphatic carbocycles. The molecule has 0 amide bonds. The summed E-state index contributed by atoms with van der Waals surface area (Å²) < 4.78 is 30.6. The van der Waals surface area contributed by atoms with Crippen molar-refractivity contribution in [3.63, 3.8) is 0 Å². The summed E-state index contributed by atoms with van der Waals surface area (Å²) in [6.07, 6.45) is 0. The molecule has 110 valence electrons. The number of esters is 1. The maximum atomic E-state index is 13.1. The molecule has 21 heavy (non-hydrogen) atoms. The lowest BCUT2D eigenvalue weighted by Gasteiger charge is -2.11. The number of halogens is 2. The van der Waals surface area contributed by atoms with Crippen molar-refractivity contribution in [1.29, 1.82) is 0 Å². The molecule has 0 aliphatic rings. The van der Waals surface area contributed by atoms with Gasteiger partial charge in [0.25, 0.3) is 0 Å². The molecule has 0 heterocycles. The predicted molar refractivity (Wildman–Crippen MR) is 75.9 cm³/mol. The third-order valence-corrected chi connectivity index (χ3v) is 2.94. The van der Waals surface area contributed by atoms with E-state index < -0.39 is 17.6 Å². The van der Waals surface area contributed by atoms with Crippen LogP contribution < -0.4 is 11.1 Å². The van der Waals surface area contributed by atoms with Gasteiger partial charge in [0.1, 0.15) is 0 Å². The third kappa shape index (κ3) is 3.47. The van der Waals surface area contributed by atoms with Gasteiger partial charge < -0.3 is 15.8 Å². The van der Waals surface area contributed by atoms with Gasteiger partial charge in [0.2, 0.25) is 0 Å². The van der Waals surface area contributed by atoms with Crippen molar-refractivity contribution in [3.05, 3.63) is 59.2 Å². The van der Waals surface area contributed by atoms with Crippen LogP contribution in [0, 0.1) is 11.6 Å². The molecule has 2 rings (SSSR count). The molecule has 3 N–H and O–H groups in total. The standard InChI is InChI=1S/C15H14F2N2O2/c1-21-15(20)10-3-5-13(18)14(7-10)19-8-9-2-4-11(16)12(17)6-9/h2-7,19H,8,18H2,1H3. The van der Waals surface area contributed by atoms with E-state index in [2.05, 4.69) is 10.1 Å². The molecule has 0 saturated carbocycles. The Kier molecular flexibility index (Phi) is 4.37. The number of nitrogen functional groups attached to an aromatic ring is 1. The first-order valence-corrected chi connectivity index (χ1v) is 6.17. The van der Waals surface area contributed by atoms with E-state index in [4.69, 9.17) is 5.73 Å². The fourth-order valence-electron chi connectivity index (χ4n) is 1.80. The Morgan fingerprint density at radius 3 is 2.62 bits per heavy atom. The molecule has 2 aromatic carbocycles. The van der Waals surface area contributed by atoms with Gasteiger partial charge in [0.05, 0.1) is 24.0 Å². The summed E-state index contributed by atoms with van der Waals surface area (Å²) in [6, 6.07) is 8.28. The second kappa shape index (κ2) is 6.21. The highest BCUT2D eigenvalue weighted by Crippen LogP contribution is 2.21. The van der Waals surface area contributed by atoms with Crippen molar-refractivity contribution in [1.82, 2.24) is 0 Å². The maximum absolute atomic E-state index is 13.1. The van der Waals surface area contributed by atoms with E-state index in [0.717, 1.165) is 12.1 Å². The molecule has 0 saturated heterocycles. The maximum Gasteiger partial charge on any atom is 0.337 e. The Balaban J connectivity index is 2.15. The van der Waals surface area contributed by atoms with Crippen molar-refractivity contribution in [3.8, 4) is 0 Å². The number of nitrogens with one attached hydrogen (secondary N) is 1. The van der Waals surface area contributed by atoms with Gasteiger partial charge in [0, 0.05) is 6.54 Å². The van der Waals surface area contributed by atoms with Crippen LogP contribution in [0.4, 0.5) is 20.2 Å². The highest BCUT2D eigenvalue weighted by Gasteiger charge is 2.09. The van der Waals surface area contributed by atoms with Crippen LogP contribution in [0.5, 0.6) is 0 Å². The zero-order chi connectivity index (χ0) is 15.4. The van der Waals surface area contributed by atoms with Crippen molar-refractivity contribution in [2.45, 2.75) is 6.54 Å². The summed E-state index contributed by atoms with van der Waals surface area (Å²) in [5.74, 6) is -2.29. The Labute approximate surface area is 120 Å². The molecule has 0 fully saturated rings. The molecule has 0 atom stereocenters. The van der Waals surface area contributed by atoms with Crippen LogP contribution in [0.3, 0.4) is 0 Å². The average Bonchev–Trinajstić information content (AvgIpc) is 2.49. The van der Waals surface area contributed by atoms with E-state index in [9.17, 15) is 13.6 Å². The third-order valence-electron chi connectivity index (χ3n) is 2.94. The fraction of sp³-hybridized carbons (Fsp3) is 0.133. The number of hydrogen-bond acceptors (Lipinski definition) is 4. The minimum absolute atomic E-state index is 0.242. The summed E-state index contributed by atoms with van der Waals surface area (Å²) in [7, 11) is 1.28. The second-order valence-corrected chi connectivity index (χ2v) is 4.40. The first kappa shape index (κ1) is 14.8. The number of anilines is 2. The second-order valence-electron chi connectivity index (χ2n) is 4.40. The number of hydrogen-bond donors (Lipinski definition) is 2. The summed E-state index contributed by atoms with van der Waals surface area (Å²) >= 11 is 0. The number of ether oxygens (including phenoxy) is 1. The minimum Gasteiger partial charge on any atom is -0.465 e. The molecule has 2 aromatic rings. The SMILES string of the molecule is COC(=O)c1ccc(N)c(NCc2ccc(F)c(F)c2)c1. The van der Waals surface area contributed by atoms with Gasteiger partial charge in [-0.2, -0.15) is 0 Å². The number of rotatable bonds is 4. The van der Waals surface area contributed by atoms with Crippen molar-refractivity contribution < 1.29 is 18.3 Å². The van der Waals surface area contributed by atoms with Crippen molar-refractivity contribution >= 4 is 17.3 Å². The minimum atomic E-state index is -0.911. The van der Waals surface area contributed by atoms with Crippen LogP contribution >= 0.6 is 0 Å². The van der Waals surface area contributed by atoms with E-state index in [1.807, 2.05) is 0 Å². The van der Waals surface area contributed by atoms with Gasteiger partial charge in [-0.25, -0.2) is 13.6 Å². The molecule has 6 heteroatoms. The summed E-state index contributed by atoms with van der Waals surface area (Å²) in [5.41, 5.74) is 7.65. The van der Waals surface area contributed by atoms with Crippen LogP contribution in [0.2, 0.25) is 0 Å². The van der Waals surface area contributed by atoms with E-state index in [1.165, 1.54) is 13.2 Å². The number of nitrogens with two attached hydrogens (primary N) is 1. The Bertz CT molecular complexity index is 675. The smallest absolute Gasteiger partial charge is 0.337 e. The lowest BCUT2D eigenvalue weighted by atomic mass is 10.1. The monoisotopic (exact) mass is 292 g/mol. The molecular formula is C15H14F2N2O2. The molecule has 0 aromatic heterocycles. The Morgan fingerprint density at radius 1 is 1.19 bits per heavy atom. The van der Waals surface area contributed by atoms with Gasteiger partial charge in [-0.1, -0.05) is 6.07 Å². The number of carbonyl (C=O) groups excluding carboxylic acids is 1. The molecule has 0 aliphatic heterocycles. The van der Waals surface area contributed by atoms with E-state index >= 15 is 0 Å². The predicted octanol–water partition coefficient (Wildman–Crippen LogP) is 2.95. The quantitative estimate of drug-likeness (QED) is 0.671. The van der Waals surface area contributed by atoms with E-state index in [-0.39, 0.29) is 6.54 Å². The Morgan fingerprint density at radius 2 is 1.95 bits per heavy atom. The van der Waals surface area contributed by atoms with Crippen molar-refractivity contribution in [2.24, 2.45) is 0 Å². The van der Waals surface area contributed by atoms with Gasteiger partial charge in [-0.05, 0) is 35.9 Å². The molecule has 0 radical (unpaired) electrons. The van der Waals surface area contributed by atoms with E-state index in [0.29, 0.717) is 22.5 Å². The van der Waals surface area contributed by atoms with Gasteiger partial charge in [-0.15, -0.1) is 0 Å². The van der Waals surface area contributed by atoms with Crippen LogP contribution in [0.25, 0.3) is 0 Å². The number of carbonyl (C=O) groups is 1. The van der Waals surface area contributed by atoms with Gasteiger partial charge in [0.15, 0.2) is 11.6 Å². The molecular weight excluding hydrogens is 278 g/mol. The zero-order valence-electron chi connectivity index (χ0n) is 11.3. The highest BCUT2D eigenvalue weighted by atomic mass is 19.2. The zero-order valence-corrected chi connectivity index (χ0v) is 11.3. The normalized spacial score (nSPS) is 10.2. The largest absolute Gasteiger partial charge is 0.465 e. The molecule has 0 bridgehead atoms. The first-order chi connectivity index (χ1) is 10.0. The summed E-state index contributed by atoms with van der Waals surface area (Å²) in [4.78, 5) is 11.5. The average molecular weight is 292 g/mol. The Hall–Kier alpha value is -2.63. The lowest BCUT2D eigenvalue weighted by molar-refractivity contribution is 0.0601. The number of methoxy groups -OCH3 is 1. The topological polar surface area (TPSA) is 64.3 Å². The van der Waals surface area contributed by atoms with Crippen LogP contribution in [-0.2, 0) is 11.3 Å². The van der Waals surface area contributed by atoms with Crippen LogP contribution in [0.1, 0.15) is 15.9 Å². The molecule has 0 unspecified atom stereocenters. The molecule has 0 spiro atoms. The summed E-state index contributed by atoms with van der Waals surface area (Å²) in [5, 5.41) is 2.97. The van der Waals surface area contributed by atoms with Crippen molar-refractivity contribution in [2.75, 3.05) is 18.2 Å². The lowest BCUT2D eigenvalue weighted by Crippen LogP contribution is -2.06. The van der Waals surface area contributed by atoms with Gasteiger partial charge >= 0.3 is 5.97 Å². The van der Waals surface area contributed by atoms with Crippen LogP contribution in [0.15, 0.2) is 36.4 Å². The first-order valence-electron chi connectivity index (χ1n) is 6.17. The number of benzene rings is 2. The molecule has 4 nitrogen and oxygen atoms in total. The fourth-order valence-corrected chi connectivity index (χ4v) is 1.80. The highest BCUT2D eigenvalue weighted by molar-refractivity contribution is 5.91. The summed E-state index contributed by atoms with van der Waals surface area (Å²) in [6.45, 7) is 0.242.